The van der Waals surface area contributed by atoms with Crippen molar-refractivity contribution in [1.82, 2.24) is 0 Å². The Kier molecular flexibility index (Phi) is 4.08. The van der Waals surface area contributed by atoms with Gasteiger partial charge in [-0.2, -0.15) is 0 Å². The van der Waals surface area contributed by atoms with Gasteiger partial charge in [-0.15, -0.1) is 0 Å². The van der Waals surface area contributed by atoms with E-state index in [0.717, 1.165) is 3.57 Å². The summed E-state index contributed by atoms with van der Waals surface area (Å²) in [6.07, 6.45) is 0. The number of carboxylic acid groups (broad SMARTS) is 1. The molecule has 0 radical (unpaired) electrons. The number of rotatable bonds is 3. The number of hydrogen-bond acceptors (Lipinski definition) is 2. The van der Waals surface area contributed by atoms with Crippen LogP contribution in [0.4, 0.5) is 0 Å². The highest BCUT2D eigenvalue weighted by Crippen LogP contribution is 2.28. The standard InChI is InChI=1S/C13H8ClIO3/c14-8-1-6-11(13(16)17)12(7-8)18-10-4-2-9(15)3-5-10/h1-7H,(H,16,17). The van der Waals surface area contributed by atoms with E-state index in [1.165, 1.54) is 18.2 Å². The van der Waals surface area contributed by atoms with Gasteiger partial charge in [0.2, 0.25) is 0 Å². The second-order valence-electron chi connectivity index (χ2n) is 3.50. The molecular weight excluding hydrogens is 366 g/mol. The van der Waals surface area contributed by atoms with Crippen molar-refractivity contribution in [2.45, 2.75) is 0 Å². The summed E-state index contributed by atoms with van der Waals surface area (Å²) in [7, 11) is 0. The summed E-state index contributed by atoms with van der Waals surface area (Å²) in [5.41, 5.74) is 0.0814. The van der Waals surface area contributed by atoms with Gasteiger partial charge in [0.1, 0.15) is 17.1 Å². The van der Waals surface area contributed by atoms with Gasteiger partial charge in [-0.3, -0.25) is 0 Å². The largest absolute Gasteiger partial charge is 0.478 e. The van der Waals surface area contributed by atoms with Crippen LogP contribution in [0.2, 0.25) is 5.02 Å². The lowest BCUT2D eigenvalue weighted by atomic mass is 10.2. The Morgan fingerprint density at radius 2 is 1.83 bits per heavy atom. The summed E-state index contributed by atoms with van der Waals surface area (Å²) < 4.78 is 6.61. The number of hydrogen-bond donors (Lipinski definition) is 1. The molecule has 0 aliphatic carbocycles. The molecular formula is C13H8ClIO3. The Morgan fingerprint density at radius 1 is 1.17 bits per heavy atom. The highest BCUT2D eigenvalue weighted by Gasteiger charge is 2.12. The third-order valence-electron chi connectivity index (χ3n) is 2.22. The maximum absolute atomic E-state index is 11.1. The van der Waals surface area contributed by atoms with Crippen LogP contribution in [-0.2, 0) is 0 Å². The maximum atomic E-state index is 11.1. The van der Waals surface area contributed by atoms with Crippen LogP contribution in [0.3, 0.4) is 0 Å². The van der Waals surface area contributed by atoms with Crippen molar-refractivity contribution in [1.29, 1.82) is 0 Å². The maximum Gasteiger partial charge on any atom is 0.339 e. The Morgan fingerprint density at radius 3 is 2.44 bits per heavy atom. The smallest absolute Gasteiger partial charge is 0.339 e. The second kappa shape index (κ2) is 5.58. The average molecular weight is 375 g/mol. The predicted octanol–water partition coefficient (Wildman–Crippen LogP) is 4.44. The van der Waals surface area contributed by atoms with Gasteiger partial charge in [0.05, 0.1) is 0 Å². The number of benzene rings is 2. The van der Waals surface area contributed by atoms with Crippen molar-refractivity contribution in [2.75, 3.05) is 0 Å². The van der Waals surface area contributed by atoms with Crippen LogP contribution in [0.5, 0.6) is 11.5 Å². The molecule has 92 valence electrons. The lowest BCUT2D eigenvalue weighted by molar-refractivity contribution is 0.0694. The van der Waals surface area contributed by atoms with Crippen molar-refractivity contribution in [3.8, 4) is 11.5 Å². The molecule has 0 fully saturated rings. The molecule has 0 heterocycles. The van der Waals surface area contributed by atoms with E-state index in [2.05, 4.69) is 22.6 Å². The molecule has 2 aromatic carbocycles. The normalized spacial score (nSPS) is 10.1. The molecule has 0 atom stereocenters. The topological polar surface area (TPSA) is 46.5 Å². The molecule has 0 amide bonds. The van der Waals surface area contributed by atoms with E-state index >= 15 is 0 Å². The molecule has 2 rings (SSSR count). The van der Waals surface area contributed by atoms with Crippen molar-refractivity contribution in [3.05, 3.63) is 56.6 Å². The second-order valence-corrected chi connectivity index (χ2v) is 5.18. The third kappa shape index (κ3) is 3.14. The van der Waals surface area contributed by atoms with Gasteiger partial charge in [0.25, 0.3) is 0 Å². The monoisotopic (exact) mass is 374 g/mol. The van der Waals surface area contributed by atoms with Crippen molar-refractivity contribution >= 4 is 40.2 Å². The number of ether oxygens (including phenoxy) is 1. The van der Waals surface area contributed by atoms with Crippen LogP contribution in [0, 0.1) is 3.57 Å². The molecule has 3 nitrogen and oxygen atoms in total. The van der Waals surface area contributed by atoms with Gasteiger partial charge in [-0.1, -0.05) is 11.6 Å². The van der Waals surface area contributed by atoms with E-state index in [9.17, 15) is 4.79 Å². The van der Waals surface area contributed by atoms with E-state index in [4.69, 9.17) is 21.4 Å². The molecule has 0 aliphatic heterocycles. The summed E-state index contributed by atoms with van der Waals surface area (Å²) in [5, 5.41) is 9.49. The fraction of sp³-hybridized carbons (Fsp3) is 0. The van der Waals surface area contributed by atoms with Crippen molar-refractivity contribution in [3.63, 3.8) is 0 Å². The van der Waals surface area contributed by atoms with Gasteiger partial charge in [-0.25, -0.2) is 4.79 Å². The Balaban J connectivity index is 2.35. The molecule has 0 saturated heterocycles. The van der Waals surface area contributed by atoms with E-state index in [0.29, 0.717) is 10.8 Å². The minimum atomic E-state index is -1.05. The van der Waals surface area contributed by atoms with E-state index in [1.54, 1.807) is 12.1 Å². The first-order valence-electron chi connectivity index (χ1n) is 5.02. The molecule has 1 N–H and O–H groups in total. The van der Waals surface area contributed by atoms with Crippen LogP contribution in [0.15, 0.2) is 42.5 Å². The lowest BCUT2D eigenvalue weighted by Gasteiger charge is -2.09. The first-order valence-corrected chi connectivity index (χ1v) is 6.48. The van der Waals surface area contributed by atoms with Crippen LogP contribution in [0.25, 0.3) is 0 Å². The first kappa shape index (κ1) is 13.2. The number of halogens is 2. The van der Waals surface area contributed by atoms with E-state index in [-0.39, 0.29) is 11.3 Å². The predicted molar refractivity (Wildman–Crippen MR) is 77.6 cm³/mol. The zero-order chi connectivity index (χ0) is 13.1. The fourth-order valence-corrected chi connectivity index (χ4v) is 1.91. The SMILES string of the molecule is O=C(O)c1ccc(Cl)cc1Oc1ccc(I)cc1. The van der Waals surface area contributed by atoms with Crippen LogP contribution in [0.1, 0.15) is 10.4 Å². The number of carbonyl (C=O) groups is 1. The molecule has 0 bridgehead atoms. The minimum Gasteiger partial charge on any atom is -0.478 e. The van der Waals surface area contributed by atoms with Crippen molar-refractivity contribution < 1.29 is 14.6 Å². The highest BCUT2D eigenvalue weighted by molar-refractivity contribution is 14.1. The molecule has 0 saturated carbocycles. The summed E-state index contributed by atoms with van der Waals surface area (Å²) in [4.78, 5) is 11.1. The Bertz CT molecular complexity index is 581. The van der Waals surface area contributed by atoms with E-state index in [1.807, 2.05) is 12.1 Å². The minimum absolute atomic E-state index is 0.0814. The summed E-state index contributed by atoms with van der Waals surface area (Å²) in [6, 6.07) is 11.7. The van der Waals surface area contributed by atoms with Gasteiger partial charge < -0.3 is 9.84 Å². The van der Waals surface area contributed by atoms with Crippen molar-refractivity contribution in [2.24, 2.45) is 0 Å². The summed E-state index contributed by atoms with van der Waals surface area (Å²) >= 11 is 8.02. The number of carboxylic acids is 1. The lowest BCUT2D eigenvalue weighted by Crippen LogP contribution is -1.99. The summed E-state index contributed by atoms with van der Waals surface area (Å²) in [6.45, 7) is 0. The van der Waals surface area contributed by atoms with Gasteiger partial charge in [0.15, 0.2) is 0 Å². The average Bonchev–Trinajstić information content (AvgIpc) is 2.32. The van der Waals surface area contributed by atoms with Crippen LogP contribution < -0.4 is 4.74 Å². The van der Waals surface area contributed by atoms with Gasteiger partial charge >= 0.3 is 5.97 Å². The zero-order valence-corrected chi connectivity index (χ0v) is 12.0. The van der Waals surface area contributed by atoms with E-state index < -0.39 is 5.97 Å². The Labute approximate surface area is 122 Å². The van der Waals surface area contributed by atoms with Gasteiger partial charge in [0, 0.05) is 14.7 Å². The molecule has 2 aromatic rings. The first-order chi connectivity index (χ1) is 8.56. The third-order valence-corrected chi connectivity index (χ3v) is 3.17. The molecule has 5 heteroatoms. The van der Waals surface area contributed by atoms with Crippen LogP contribution >= 0.6 is 34.2 Å². The highest BCUT2D eigenvalue weighted by atomic mass is 127. The number of aromatic carboxylic acids is 1. The zero-order valence-electron chi connectivity index (χ0n) is 9.06. The molecule has 18 heavy (non-hydrogen) atoms. The fourth-order valence-electron chi connectivity index (χ4n) is 1.39. The molecule has 0 spiro atoms. The summed E-state index contributed by atoms with van der Waals surface area (Å²) in [5.74, 6) is -0.247. The molecule has 0 unspecified atom stereocenters. The quantitative estimate of drug-likeness (QED) is 0.808. The molecule has 0 aliphatic rings. The van der Waals surface area contributed by atoms with Gasteiger partial charge in [-0.05, 0) is 59.0 Å². The van der Waals surface area contributed by atoms with Crippen LogP contribution in [-0.4, -0.2) is 11.1 Å². The molecule has 0 aromatic heterocycles. The Hall–Kier alpha value is -1.27.